The Morgan fingerprint density at radius 2 is 1.43 bits per heavy atom. The number of hydrogen-bond donors (Lipinski definition) is 2. The molecular weight excluding hydrogens is 522 g/mol. The molecule has 1 fully saturated rings. The van der Waals surface area contributed by atoms with Gasteiger partial charge in [0.1, 0.15) is 12.6 Å². The zero-order valence-corrected chi connectivity index (χ0v) is 22.8. The second-order valence-corrected chi connectivity index (χ2v) is 8.98. The van der Waals surface area contributed by atoms with Crippen LogP contribution in [0.1, 0.15) is 28.8 Å². The summed E-state index contributed by atoms with van der Waals surface area (Å²) in [5.74, 6) is 1.48. The number of nitrogens with one attached hydrogen (secondary N) is 2. The van der Waals surface area contributed by atoms with Crippen LogP contribution in [0.4, 0.5) is 5.69 Å². The summed E-state index contributed by atoms with van der Waals surface area (Å²) in [5.41, 5.74) is 2.26. The maximum atomic E-state index is 12.9. The third kappa shape index (κ3) is 10.5. The van der Waals surface area contributed by atoms with E-state index in [1.807, 2.05) is 12.1 Å². The minimum Gasteiger partial charge on any atom is -0.382 e. The summed E-state index contributed by atoms with van der Waals surface area (Å²) in [5, 5.41) is 5.64. The minimum atomic E-state index is -0.631. The van der Waals surface area contributed by atoms with Crippen LogP contribution in [0.2, 0.25) is 0 Å². The molecule has 3 rings (SSSR count). The summed E-state index contributed by atoms with van der Waals surface area (Å²) in [6, 6.07) is 4.85. The van der Waals surface area contributed by atoms with Gasteiger partial charge in [-0.05, 0) is 18.6 Å². The molecule has 1 atom stereocenters. The van der Waals surface area contributed by atoms with E-state index in [2.05, 4.69) is 16.6 Å². The number of ether oxygens (including phenoxy) is 6. The van der Waals surface area contributed by atoms with Crippen molar-refractivity contribution < 1.29 is 42.8 Å². The summed E-state index contributed by atoms with van der Waals surface area (Å²) in [6.07, 6.45) is 5.65. The maximum absolute atomic E-state index is 12.9. The molecule has 12 nitrogen and oxygen atoms in total. The van der Waals surface area contributed by atoms with Gasteiger partial charge in [-0.2, -0.15) is 0 Å². The van der Waals surface area contributed by atoms with Gasteiger partial charge < -0.3 is 38.6 Å². The third-order valence-electron chi connectivity index (χ3n) is 6.19. The number of benzene rings is 1. The van der Waals surface area contributed by atoms with E-state index >= 15 is 0 Å². The Morgan fingerprint density at radius 1 is 0.850 bits per heavy atom. The topological polar surface area (TPSA) is 134 Å². The number of anilines is 1. The largest absolute Gasteiger partial charge is 0.382 e. The number of rotatable bonds is 21. The summed E-state index contributed by atoms with van der Waals surface area (Å²) >= 11 is 0. The van der Waals surface area contributed by atoms with Gasteiger partial charge in [-0.15, -0.1) is 6.42 Å². The zero-order chi connectivity index (χ0) is 28.4. The monoisotopic (exact) mass is 561 g/mol. The van der Waals surface area contributed by atoms with Crippen molar-refractivity contribution in [3.8, 4) is 12.3 Å². The SMILES string of the molecule is C#CCOCCOCCOCCOCCOCCOCCNc1cccc2c1CN(C1CCC(=O)NC1=O)C2=O. The molecule has 40 heavy (non-hydrogen) atoms. The first-order valence-corrected chi connectivity index (χ1v) is 13.5. The Hall–Kier alpha value is -3.05. The van der Waals surface area contributed by atoms with Gasteiger partial charge in [0, 0.05) is 36.3 Å². The van der Waals surface area contributed by atoms with Gasteiger partial charge >= 0.3 is 0 Å². The van der Waals surface area contributed by atoms with Gasteiger partial charge in [0.2, 0.25) is 11.8 Å². The molecule has 2 aliphatic heterocycles. The molecule has 0 spiro atoms. The highest BCUT2D eigenvalue weighted by Gasteiger charge is 2.39. The Bertz CT molecular complexity index is 998. The first-order chi connectivity index (χ1) is 19.6. The lowest BCUT2D eigenvalue weighted by molar-refractivity contribution is -0.136. The number of piperidine rings is 1. The molecule has 12 heteroatoms. The molecule has 2 heterocycles. The van der Waals surface area contributed by atoms with Crippen LogP contribution < -0.4 is 10.6 Å². The van der Waals surface area contributed by atoms with Crippen LogP contribution in [0.3, 0.4) is 0 Å². The lowest BCUT2D eigenvalue weighted by atomic mass is 10.0. The second kappa shape index (κ2) is 18.3. The molecule has 0 aromatic heterocycles. The van der Waals surface area contributed by atoms with Crippen molar-refractivity contribution in [1.82, 2.24) is 10.2 Å². The summed E-state index contributed by atoms with van der Waals surface area (Å²) in [6.45, 7) is 6.41. The van der Waals surface area contributed by atoms with E-state index in [4.69, 9.17) is 34.8 Å². The Morgan fingerprint density at radius 3 is 2.00 bits per heavy atom. The van der Waals surface area contributed by atoms with E-state index in [0.29, 0.717) is 104 Å². The van der Waals surface area contributed by atoms with Crippen LogP contribution in [0.15, 0.2) is 18.2 Å². The van der Waals surface area contributed by atoms with Crippen molar-refractivity contribution in [2.45, 2.75) is 25.4 Å². The number of carbonyl (C=O) groups excluding carboxylic acids is 3. The van der Waals surface area contributed by atoms with Crippen molar-refractivity contribution in [2.75, 3.05) is 91.1 Å². The Labute approximate surface area is 234 Å². The lowest BCUT2D eigenvalue weighted by Gasteiger charge is -2.29. The molecule has 0 aliphatic carbocycles. The highest BCUT2D eigenvalue weighted by atomic mass is 16.6. The molecule has 0 saturated carbocycles. The molecule has 2 N–H and O–H groups in total. The smallest absolute Gasteiger partial charge is 0.255 e. The van der Waals surface area contributed by atoms with Gasteiger partial charge in [-0.3, -0.25) is 19.7 Å². The average Bonchev–Trinajstić information content (AvgIpc) is 3.28. The first-order valence-electron chi connectivity index (χ1n) is 13.5. The molecule has 1 unspecified atom stereocenters. The second-order valence-electron chi connectivity index (χ2n) is 8.98. The predicted molar refractivity (Wildman–Crippen MR) is 145 cm³/mol. The number of hydrogen-bond acceptors (Lipinski definition) is 10. The van der Waals surface area contributed by atoms with Gasteiger partial charge in [0.05, 0.1) is 72.7 Å². The van der Waals surface area contributed by atoms with Crippen molar-refractivity contribution in [1.29, 1.82) is 0 Å². The van der Waals surface area contributed by atoms with E-state index in [1.54, 1.807) is 11.0 Å². The number of fused-ring (bicyclic) bond motifs is 1. The lowest BCUT2D eigenvalue weighted by Crippen LogP contribution is -2.52. The van der Waals surface area contributed by atoms with Gasteiger partial charge in [-0.1, -0.05) is 12.0 Å². The Balaban J connectivity index is 1.16. The standard InChI is InChI=1S/C28H39N3O9/c1-2-9-35-11-13-37-15-17-39-19-20-40-18-16-38-14-12-36-10-8-29-24-5-3-4-22-23(24)21-31(28(22)34)25-6-7-26(32)30-27(25)33/h1,3-5,25,29H,6-21H2,(H,30,32,33). The summed E-state index contributed by atoms with van der Waals surface area (Å²) < 4.78 is 32.4. The van der Waals surface area contributed by atoms with Crippen molar-refractivity contribution >= 4 is 23.4 Å². The van der Waals surface area contributed by atoms with E-state index < -0.39 is 11.9 Å². The fourth-order valence-electron chi connectivity index (χ4n) is 4.24. The van der Waals surface area contributed by atoms with Crippen molar-refractivity contribution in [3.05, 3.63) is 29.3 Å². The molecule has 1 aromatic rings. The molecule has 0 radical (unpaired) electrons. The van der Waals surface area contributed by atoms with E-state index in [1.165, 1.54) is 0 Å². The number of imide groups is 1. The number of nitrogens with zero attached hydrogens (tertiary/aromatic N) is 1. The fourth-order valence-corrected chi connectivity index (χ4v) is 4.24. The molecule has 2 aliphatic rings. The molecule has 1 aromatic carbocycles. The zero-order valence-electron chi connectivity index (χ0n) is 22.8. The molecule has 220 valence electrons. The minimum absolute atomic E-state index is 0.192. The van der Waals surface area contributed by atoms with Crippen LogP contribution in [-0.2, 0) is 44.6 Å². The van der Waals surface area contributed by atoms with E-state index in [9.17, 15) is 14.4 Å². The van der Waals surface area contributed by atoms with Gasteiger partial charge in [0.15, 0.2) is 0 Å². The number of carbonyl (C=O) groups is 3. The van der Waals surface area contributed by atoms with Crippen LogP contribution in [0.5, 0.6) is 0 Å². The average molecular weight is 562 g/mol. The van der Waals surface area contributed by atoms with E-state index in [-0.39, 0.29) is 18.2 Å². The highest BCUT2D eigenvalue weighted by molar-refractivity contribution is 6.06. The van der Waals surface area contributed by atoms with Crippen LogP contribution in [0, 0.1) is 12.3 Å². The molecule has 1 saturated heterocycles. The first kappa shape index (κ1) is 31.5. The number of amides is 3. The normalized spacial score (nSPS) is 16.6. The fraction of sp³-hybridized carbons (Fsp3) is 0.607. The van der Waals surface area contributed by atoms with Gasteiger partial charge in [-0.25, -0.2) is 0 Å². The Kier molecular flexibility index (Phi) is 14.4. The van der Waals surface area contributed by atoms with Crippen LogP contribution in [0.25, 0.3) is 0 Å². The van der Waals surface area contributed by atoms with E-state index in [0.717, 1.165) is 11.3 Å². The quantitative estimate of drug-likeness (QED) is 0.125. The predicted octanol–water partition coefficient (Wildman–Crippen LogP) is 0.592. The van der Waals surface area contributed by atoms with Crippen LogP contribution >= 0.6 is 0 Å². The van der Waals surface area contributed by atoms with Crippen molar-refractivity contribution in [3.63, 3.8) is 0 Å². The maximum Gasteiger partial charge on any atom is 0.255 e. The highest BCUT2D eigenvalue weighted by Crippen LogP contribution is 2.32. The molecular formula is C28H39N3O9. The third-order valence-corrected chi connectivity index (χ3v) is 6.19. The number of terminal acetylenes is 1. The van der Waals surface area contributed by atoms with Gasteiger partial charge in [0.25, 0.3) is 5.91 Å². The summed E-state index contributed by atoms with van der Waals surface area (Å²) in [4.78, 5) is 38.1. The summed E-state index contributed by atoms with van der Waals surface area (Å²) in [7, 11) is 0. The van der Waals surface area contributed by atoms with Crippen molar-refractivity contribution in [2.24, 2.45) is 0 Å². The van der Waals surface area contributed by atoms with Crippen LogP contribution in [-0.4, -0.2) is 114 Å². The molecule has 3 amide bonds. The molecule has 0 bridgehead atoms.